The van der Waals surface area contributed by atoms with E-state index in [0.29, 0.717) is 10.5 Å². The number of ether oxygens (including phenoxy) is 2. The Labute approximate surface area is 142 Å². The van der Waals surface area contributed by atoms with E-state index in [2.05, 4.69) is 26.2 Å². The lowest BCUT2D eigenvalue weighted by Gasteiger charge is -2.19. The van der Waals surface area contributed by atoms with Crippen LogP contribution in [0.15, 0.2) is 41.0 Å². The fourth-order valence-electron chi connectivity index (χ4n) is 1.64. The largest absolute Gasteiger partial charge is 0.444 e. The van der Waals surface area contributed by atoms with Crippen molar-refractivity contribution in [3.63, 3.8) is 0 Å². The Balaban J connectivity index is 2.07. The number of halogens is 2. The molecule has 0 atom stereocenters. The number of amides is 1. The maximum atomic E-state index is 14.0. The maximum absolute atomic E-state index is 14.0. The molecule has 0 aliphatic carbocycles. The fraction of sp³-hybridized carbons (Fsp3) is 0.250. The average molecular weight is 383 g/mol. The lowest BCUT2D eigenvalue weighted by Crippen LogP contribution is -2.27. The molecule has 0 spiro atoms. The van der Waals surface area contributed by atoms with Crippen LogP contribution in [-0.4, -0.2) is 16.7 Å². The van der Waals surface area contributed by atoms with Crippen molar-refractivity contribution in [3.05, 3.63) is 46.8 Å². The minimum absolute atomic E-state index is 0.00815. The molecular weight excluding hydrogens is 367 g/mol. The van der Waals surface area contributed by atoms with Gasteiger partial charge in [0.15, 0.2) is 5.82 Å². The van der Waals surface area contributed by atoms with Gasteiger partial charge in [0.2, 0.25) is 5.88 Å². The van der Waals surface area contributed by atoms with E-state index in [1.54, 1.807) is 39.0 Å². The van der Waals surface area contributed by atoms with E-state index in [-0.39, 0.29) is 11.4 Å². The molecule has 0 fully saturated rings. The first-order chi connectivity index (χ1) is 10.7. The van der Waals surface area contributed by atoms with Gasteiger partial charge in [-0.3, -0.25) is 5.32 Å². The Morgan fingerprint density at radius 3 is 2.61 bits per heavy atom. The topological polar surface area (TPSA) is 60.5 Å². The van der Waals surface area contributed by atoms with Crippen LogP contribution in [0.1, 0.15) is 20.8 Å². The highest BCUT2D eigenvalue weighted by Gasteiger charge is 2.17. The summed E-state index contributed by atoms with van der Waals surface area (Å²) in [6, 6.07) is 9.23. The van der Waals surface area contributed by atoms with Crippen LogP contribution in [0.25, 0.3) is 0 Å². The molecule has 0 saturated carbocycles. The van der Waals surface area contributed by atoms with Crippen LogP contribution in [0, 0.1) is 5.82 Å². The molecule has 0 bridgehead atoms. The Kier molecular flexibility index (Phi) is 5.20. The van der Waals surface area contributed by atoms with E-state index < -0.39 is 17.5 Å². The van der Waals surface area contributed by atoms with Crippen LogP contribution in [-0.2, 0) is 4.74 Å². The molecule has 0 aliphatic heterocycles. The van der Waals surface area contributed by atoms with Gasteiger partial charge in [0.1, 0.15) is 16.0 Å². The van der Waals surface area contributed by atoms with Crippen molar-refractivity contribution in [2.75, 3.05) is 5.32 Å². The number of hydrogen-bond donors (Lipinski definition) is 1. The molecule has 1 heterocycles. The number of rotatable bonds is 3. The summed E-state index contributed by atoms with van der Waals surface area (Å²) >= 11 is 3.23. The molecule has 0 aliphatic rings. The number of benzene rings is 1. The van der Waals surface area contributed by atoms with Gasteiger partial charge in [-0.15, -0.1) is 0 Å². The normalized spacial score (nSPS) is 11.0. The third-order valence-corrected chi connectivity index (χ3v) is 2.93. The minimum atomic E-state index is -0.723. The van der Waals surface area contributed by atoms with Crippen molar-refractivity contribution in [2.45, 2.75) is 26.4 Å². The number of anilines is 1. The number of carbonyl (C=O) groups excluding carboxylic acids is 1. The Bertz CT molecular complexity index is 717. The smallest absolute Gasteiger partial charge is 0.412 e. The second kappa shape index (κ2) is 6.95. The number of nitrogens with zero attached hydrogens (tertiary/aromatic N) is 1. The molecule has 1 N–H and O–H groups in total. The predicted molar refractivity (Wildman–Crippen MR) is 88.3 cm³/mol. The highest BCUT2D eigenvalue weighted by atomic mass is 79.9. The first kappa shape index (κ1) is 17.2. The number of hydrogen-bond acceptors (Lipinski definition) is 4. The van der Waals surface area contributed by atoms with Crippen LogP contribution >= 0.6 is 15.9 Å². The van der Waals surface area contributed by atoms with E-state index in [0.717, 1.165) is 6.07 Å². The van der Waals surface area contributed by atoms with Gasteiger partial charge in [-0.25, -0.2) is 14.2 Å². The second-order valence-electron chi connectivity index (χ2n) is 5.67. The first-order valence-corrected chi connectivity index (χ1v) is 7.62. The number of carbonyl (C=O) groups is 1. The van der Waals surface area contributed by atoms with Crippen LogP contribution in [0.3, 0.4) is 0 Å². The van der Waals surface area contributed by atoms with Crippen molar-refractivity contribution in [1.29, 1.82) is 0 Å². The molecule has 2 rings (SSSR count). The quantitative estimate of drug-likeness (QED) is 0.748. The van der Waals surface area contributed by atoms with Crippen molar-refractivity contribution in [2.24, 2.45) is 0 Å². The summed E-state index contributed by atoms with van der Waals surface area (Å²) in [5.41, 5.74) is -0.649. The van der Waals surface area contributed by atoms with Gasteiger partial charge in [-0.2, -0.15) is 0 Å². The van der Waals surface area contributed by atoms with Gasteiger partial charge in [-0.05, 0) is 54.9 Å². The lowest BCUT2D eigenvalue weighted by atomic mass is 10.2. The zero-order valence-electron chi connectivity index (χ0n) is 12.9. The summed E-state index contributed by atoms with van der Waals surface area (Å²) in [6.45, 7) is 5.18. The standard InChI is InChI=1S/C16H16BrFN2O3/c1-16(2,3)23-15(21)19-12-8-7-10(9-11(12)18)22-14-6-4-5-13(17)20-14/h4-9H,1-3H3,(H,19,21). The monoisotopic (exact) mass is 382 g/mol. The zero-order chi connectivity index (χ0) is 17.0. The fourth-order valence-corrected chi connectivity index (χ4v) is 1.97. The minimum Gasteiger partial charge on any atom is -0.444 e. The zero-order valence-corrected chi connectivity index (χ0v) is 14.5. The summed E-state index contributed by atoms with van der Waals surface area (Å²) < 4.78 is 25.2. The molecule has 122 valence electrons. The SMILES string of the molecule is CC(C)(C)OC(=O)Nc1ccc(Oc2cccc(Br)n2)cc1F. The lowest BCUT2D eigenvalue weighted by molar-refractivity contribution is 0.0635. The van der Waals surface area contributed by atoms with Crippen LogP contribution in [0.4, 0.5) is 14.9 Å². The molecular formula is C16H16BrFN2O3. The third kappa shape index (κ3) is 5.52. The van der Waals surface area contributed by atoms with Gasteiger partial charge in [0, 0.05) is 12.1 Å². The van der Waals surface area contributed by atoms with Crippen molar-refractivity contribution in [1.82, 2.24) is 4.98 Å². The van der Waals surface area contributed by atoms with Gasteiger partial charge >= 0.3 is 6.09 Å². The summed E-state index contributed by atoms with van der Waals surface area (Å²) in [5.74, 6) is -0.0437. The predicted octanol–water partition coefficient (Wildman–Crippen LogP) is 5.12. The van der Waals surface area contributed by atoms with Crippen LogP contribution in [0.2, 0.25) is 0 Å². The molecule has 2 aromatic rings. The molecule has 23 heavy (non-hydrogen) atoms. The van der Waals surface area contributed by atoms with Crippen LogP contribution < -0.4 is 10.1 Å². The van der Waals surface area contributed by atoms with E-state index in [9.17, 15) is 9.18 Å². The highest BCUT2D eigenvalue weighted by molar-refractivity contribution is 9.10. The van der Waals surface area contributed by atoms with Crippen molar-refractivity contribution >= 4 is 27.7 Å². The molecule has 0 radical (unpaired) electrons. The van der Waals surface area contributed by atoms with E-state index in [4.69, 9.17) is 9.47 Å². The summed E-state index contributed by atoms with van der Waals surface area (Å²) in [6.07, 6.45) is -0.723. The molecule has 5 nitrogen and oxygen atoms in total. The third-order valence-electron chi connectivity index (χ3n) is 2.49. The van der Waals surface area contributed by atoms with Gasteiger partial charge in [-0.1, -0.05) is 6.07 Å². The van der Waals surface area contributed by atoms with Gasteiger partial charge < -0.3 is 9.47 Å². The van der Waals surface area contributed by atoms with Crippen molar-refractivity contribution < 1.29 is 18.7 Å². The Morgan fingerprint density at radius 1 is 1.26 bits per heavy atom. The summed E-state index contributed by atoms with van der Waals surface area (Å²) in [5, 5.41) is 2.35. The van der Waals surface area contributed by atoms with Crippen LogP contribution in [0.5, 0.6) is 11.6 Å². The molecule has 1 aromatic heterocycles. The summed E-state index contributed by atoms with van der Waals surface area (Å²) in [7, 11) is 0. The molecule has 1 amide bonds. The molecule has 1 aromatic carbocycles. The van der Waals surface area contributed by atoms with Crippen molar-refractivity contribution in [3.8, 4) is 11.6 Å². The van der Waals surface area contributed by atoms with Gasteiger partial charge in [0.05, 0.1) is 5.69 Å². The van der Waals surface area contributed by atoms with E-state index in [1.807, 2.05) is 0 Å². The number of nitrogens with one attached hydrogen (secondary N) is 1. The number of pyridine rings is 1. The van der Waals surface area contributed by atoms with E-state index in [1.165, 1.54) is 12.1 Å². The first-order valence-electron chi connectivity index (χ1n) is 6.83. The van der Waals surface area contributed by atoms with E-state index >= 15 is 0 Å². The maximum Gasteiger partial charge on any atom is 0.412 e. The molecule has 0 saturated heterocycles. The highest BCUT2D eigenvalue weighted by Crippen LogP contribution is 2.25. The molecule has 7 heteroatoms. The molecule has 0 unspecified atom stereocenters. The summed E-state index contributed by atoms with van der Waals surface area (Å²) in [4.78, 5) is 15.7. The second-order valence-corrected chi connectivity index (χ2v) is 6.48. The van der Waals surface area contributed by atoms with Gasteiger partial charge in [0.25, 0.3) is 0 Å². The number of aromatic nitrogens is 1. The Hall–Kier alpha value is -2.15. The average Bonchev–Trinajstić information content (AvgIpc) is 2.40. The Morgan fingerprint density at radius 2 is 2.00 bits per heavy atom.